The van der Waals surface area contributed by atoms with E-state index < -0.39 is 14.9 Å². The van der Waals surface area contributed by atoms with Crippen LogP contribution in [-0.4, -0.2) is 30.2 Å². The fraction of sp³-hybridized carbons (Fsp3) is 0.538. The molecule has 1 aromatic rings. The molecule has 1 aliphatic heterocycles. The summed E-state index contributed by atoms with van der Waals surface area (Å²) in [7, 11) is -3.67. The fourth-order valence-electron chi connectivity index (χ4n) is 2.74. The van der Waals surface area contributed by atoms with Crippen LogP contribution in [0.4, 0.5) is 11.4 Å². The molecule has 0 spiro atoms. The average molecular weight is 313 g/mol. The monoisotopic (exact) mass is 313 g/mol. The molecule has 8 heteroatoms. The zero-order chi connectivity index (χ0) is 15.8. The molecule has 2 unspecified atom stereocenters. The predicted octanol–water partition coefficient (Wildman–Crippen LogP) is 1.99. The largest absolute Gasteiger partial charge is 0.393 e. The molecule has 0 aromatic heterocycles. The van der Waals surface area contributed by atoms with E-state index in [4.69, 9.17) is 5.73 Å². The summed E-state index contributed by atoms with van der Waals surface area (Å²) >= 11 is 0. The van der Waals surface area contributed by atoms with Crippen molar-refractivity contribution in [3.8, 4) is 0 Å². The van der Waals surface area contributed by atoms with Gasteiger partial charge in [0.1, 0.15) is 5.69 Å². The summed E-state index contributed by atoms with van der Waals surface area (Å²) in [5, 5.41) is 10.7. The third-order valence-corrected chi connectivity index (χ3v) is 5.89. The molecule has 2 rings (SSSR count). The van der Waals surface area contributed by atoms with Gasteiger partial charge in [-0.2, -0.15) is 4.31 Å². The predicted molar refractivity (Wildman–Crippen MR) is 79.3 cm³/mol. The quantitative estimate of drug-likeness (QED) is 0.521. The first-order chi connectivity index (χ1) is 9.73. The molecule has 1 fully saturated rings. The number of benzene rings is 1. The third-order valence-electron chi connectivity index (χ3n) is 3.88. The molecule has 2 atom stereocenters. The number of nitro benzene ring substituents is 1. The zero-order valence-corrected chi connectivity index (χ0v) is 12.8. The molecule has 0 radical (unpaired) electrons. The van der Waals surface area contributed by atoms with Gasteiger partial charge in [-0.1, -0.05) is 6.92 Å². The summed E-state index contributed by atoms with van der Waals surface area (Å²) in [6.07, 6.45) is 1.62. The molecule has 7 nitrogen and oxygen atoms in total. The van der Waals surface area contributed by atoms with Gasteiger partial charge in [-0.15, -0.1) is 0 Å². The van der Waals surface area contributed by atoms with Gasteiger partial charge in [0.2, 0.25) is 10.0 Å². The molecule has 1 heterocycles. The summed E-state index contributed by atoms with van der Waals surface area (Å²) < 4.78 is 26.7. The smallest absolute Gasteiger partial charge is 0.292 e. The van der Waals surface area contributed by atoms with Gasteiger partial charge in [0.05, 0.1) is 9.82 Å². The minimum absolute atomic E-state index is 0.00648. The van der Waals surface area contributed by atoms with Gasteiger partial charge in [-0.05, 0) is 37.8 Å². The fourth-order valence-corrected chi connectivity index (χ4v) is 4.43. The Hall–Kier alpha value is -1.67. The van der Waals surface area contributed by atoms with Crippen molar-refractivity contribution in [3.05, 3.63) is 28.3 Å². The van der Waals surface area contributed by atoms with Crippen LogP contribution in [0.5, 0.6) is 0 Å². The van der Waals surface area contributed by atoms with Crippen LogP contribution >= 0.6 is 0 Å². The summed E-state index contributed by atoms with van der Waals surface area (Å²) in [6, 6.07) is 3.46. The van der Waals surface area contributed by atoms with Crippen molar-refractivity contribution in [2.24, 2.45) is 5.92 Å². The van der Waals surface area contributed by atoms with Gasteiger partial charge in [0, 0.05) is 18.7 Å². The van der Waals surface area contributed by atoms with Gasteiger partial charge >= 0.3 is 0 Å². The van der Waals surface area contributed by atoms with Gasteiger partial charge in [-0.3, -0.25) is 10.1 Å². The van der Waals surface area contributed by atoms with E-state index in [-0.39, 0.29) is 22.3 Å². The van der Waals surface area contributed by atoms with Crippen LogP contribution in [0.15, 0.2) is 23.1 Å². The topological polar surface area (TPSA) is 107 Å². The Morgan fingerprint density at radius 2 is 2.05 bits per heavy atom. The van der Waals surface area contributed by atoms with Gasteiger partial charge in [-0.25, -0.2) is 8.42 Å². The lowest BCUT2D eigenvalue weighted by Gasteiger charge is -2.35. The molecule has 21 heavy (non-hydrogen) atoms. The van der Waals surface area contributed by atoms with Gasteiger partial charge in [0.25, 0.3) is 5.69 Å². The number of hydrogen-bond donors (Lipinski definition) is 1. The number of nitrogens with two attached hydrogens (primary N) is 1. The molecule has 0 amide bonds. The van der Waals surface area contributed by atoms with Crippen LogP contribution in [0.3, 0.4) is 0 Å². The van der Waals surface area contributed by atoms with E-state index in [0.717, 1.165) is 25.0 Å². The molecule has 116 valence electrons. The lowest BCUT2D eigenvalue weighted by atomic mass is 9.95. The average Bonchev–Trinajstić information content (AvgIpc) is 2.37. The van der Waals surface area contributed by atoms with Crippen LogP contribution in [0.25, 0.3) is 0 Å². The lowest BCUT2D eigenvalue weighted by molar-refractivity contribution is -0.383. The number of nitrogens with zero attached hydrogens (tertiary/aromatic N) is 2. The number of sulfonamides is 1. The SMILES string of the molecule is CC1CCN(S(=O)(=O)c2ccc([N+](=O)[O-])c(N)c2)C(C)C1. The molecular weight excluding hydrogens is 294 g/mol. The maximum absolute atomic E-state index is 12.6. The Kier molecular flexibility index (Phi) is 4.20. The Morgan fingerprint density at radius 1 is 1.38 bits per heavy atom. The number of anilines is 1. The van der Waals surface area contributed by atoms with Crippen molar-refractivity contribution in [2.45, 2.75) is 37.6 Å². The van der Waals surface area contributed by atoms with Crippen molar-refractivity contribution in [3.63, 3.8) is 0 Å². The van der Waals surface area contributed by atoms with Crippen molar-refractivity contribution in [1.29, 1.82) is 0 Å². The number of nitrogen functional groups attached to an aromatic ring is 1. The second-order valence-corrected chi connectivity index (χ2v) is 7.46. The van der Waals surface area contributed by atoms with Crippen molar-refractivity contribution in [2.75, 3.05) is 12.3 Å². The maximum Gasteiger partial charge on any atom is 0.292 e. The van der Waals surface area contributed by atoms with Crippen LogP contribution in [-0.2, 0) is 10.0 Å². The molecular formula is C13H19N3O4S. The van der Waals surface area contributed by atoms with E-state index >= 15 is 0 Å². The summed E-state index contributed by atoms with van der Waals surface area (Å²) in [5.74, 6) is 0.494. The highest BCUT2D eigenvalue weighted by molar-refractivity contribution is 7.89. The first-order valence-electron chi connectivity index (χ1n) is 6.79. The highest BCUT2D eigenvalue weighted by Gasteiger charge is 2.33. The normalized spacial score (nSPS) is 23.9. The summed E-state index contributed by atoms with van der Waals surface area (Å²) in [4.78, 5) is 10.1. The van der Waals surface area contributed by atoms with E-state index in [9.17, 15) is 18.5 Å². The number of piperidine rings is 1. The number of hydrogen-bond acceptors (Lipinski definition) is 5. The molecule has 0 bridgehead atoms. The van der Waals surface area contributed by atoms with Crippen LogP contribution in [0, 0.1) is 16.0 Å². The van der Waals surface area contributed by atoms with Gasteiger partial charge < -0.3 is 5.73 Å². The molecule has 1 saturated heterocycles. The van der Waals surface area contributed by atoms with Crippen molar-refractivity contribution >= 4 is 21.4 Å². The first-order valence-corrected chi connectivity index (χ1v) is 8.23. The highest BCUT2D eigenvalue weighted by atomic mass is 32.2. The number of rotatable bonds is 3. The van der Waals surface area contributed by atoms with Crippen LogP contribution in [0.1, 0.15) is 26.7 Å². The third kappa shape index (κ3) is 3.01. The zero-order valence-electron chi connectivity index (χ0n) is 12.0. The lowest BCUT2D eigenvalue weighted by Crippen LogP contribution is -2.44. The Bertz CT molecular complexity index is 659. The second-order valence-electron chi connectivity index (χ2n) is 5.57. The Morgan fingerprint density at radius 3 is 2.57 bits per heavy atom. The molecule has 2 N–H and O–H groups in total. The van der Waals surface area contributed by atoms with E-state index in [0.29, 0.717) is 12.5 Å². The molecule has 0 aliphatic carbocycles. The van der Waals surface area contributed by atoms with Crippen molar-refractivity contribution < 1.29 is 13.3 Å². The van der Waals surface area contributed by atoms with Crippen LogP contribution in [0.2, 0.25) is 0 Å². The summed E-state index contributed by atoms with van der Waals surface area (Å²) in [6.45, 7) is 4.44. The van der Waals surface area contributed by atoms with E-state index in [1.165, 1.54) is 10.4 Å². The maximum atomic E-state index is 12.6. The number of nitro groups is 1. The molecule has 0 saturated carbocycles. The van der Waals surface area contributed by atoms with E-state index in [1.54, 1.807) is 0 Å². The molecule has 1 aromatic carbocycles. The van der Waals surface area contributed by atoms with E-state index in [1.807, 2.05) is 6.92 Å². The second kappa shape index (κ2) is 5.61. The Balaban J connectivity index is 2.36. The first kappa shape index (κ1) is 15.7. The van der Waals surface area contributed by atoms with E-state index in [2.05, 4.69) is 6.92 Å². The minimum Gasteiger partial charge on any atom is -0.393 e. The standard InChI is InChI=1S/C13H19N3O4S/c1-9-5-6-15(10(2)7-9)21(19,20)11-3-4-13(16(17)18)12(14)8-11/h3-4,8-10H,5-7,14H2,1-2H3. The minimum atomic E-state index is -3.67. The summed E-state index contributed by atoms with van der Waals surface area (Å²) in [5.41, 5.74) is 5.16. The Labute approximate surface area is 123 Å². The van der Waals surface area contributed by atoms with Gasteiger partial charge in [0.15, 0.2) is 0 Å². The molecule has 1 aliphatic rings. The van der Waals surface area contributed by atoms with Crippen LogP contribution < -0.4 is 5.73 Å². The highest BCUT2D eigenvalue weighted by Crippen LogP contribution is 2.31. The van der Waals surface area contributed by atoms with Crippen molar-refractivity contribution in [1.82, 2.24) is 4.31 Å².